The van der Waals surface area contributed by atoms with Gasteiger partial charge in [0.05, 0.1) is 14.2 Å². The zero-order valence-electron chi connectivity index (χ0n) is 22.4. The van der Waals surface area contributed by atoms with Crippen molar-refractivity contribution in [2.24, 2.45) is 0 Å². The molecule has 40 heavy (non-hydrogen) atoms. The van der Waals surface area contributed by atoms with Gasteiger partial charge in [-0.3, -0.25) is 9.59 Å². The first-order valence-corrected chi connectivity index (χ1v) is 14.0. The number of carboxylic acids is 1. The summed E-state index contributed by atoms with van der Waals surface area (Å²) < 4.78 is 70.9. The van der Waals surface area contributed by atoms with E-state index in [1.54, 1.807) is 21.9 Å². The number of sulfonamides is 1. The highest BCUT2D eigenvalue weighted by atomic mass is 32.2. The van der Waals surface area contributed by atoms with E-state index >= 15 is 0 Å². The van der Waals surface area contributed by atoms with Crippen LogP contribution in [0.15, 0.2) is 23.1 Å². The van der Waals surface area contributed by atoms with Crippen LogP contribution in [0.2, 0.25) is 0 Å². The van der Waals surface area contributed by atoms with Gasteiger partial charge >= 0.3 is 12.1 Å². The van der Waals surface area contributed by atoms with E-state index in [2.05, 4.69) is 5.32 Å². The predicted octanol–water partition coefficient (Wildman–Crippen LogP) is 1.16. The van der Waals surface area contributed by atoms with Crippen molar-refractivity contribution in [2.75, 3.05) is 66.6 Å². The first-order valence-electron chi connectivity index (χ1n) is 12.6. The summed E-state index contributed by atoms with van der Waals surface area (Å²) in [7, 11) is -1.09. The molecule has 0 unspecified atom stereocenters. The zero-order valence-corrected chi connectivity index (χ0v) is 23.2. The largest absolute Gasteiger partial charge is 0.497 e. The summed E-state index contributed by atoms with van der Waals surface area (Å²) in [6.07, 6.45) is -3.13. The van der Waals surface area contributed by atoms with E-state index in [0.29, 0.717) is 44.8 Å². The molecule has 2 heterocycles. The molecule has 0 saturated carbocycles. The van der Waals surface area contributed by atoms with Crippen LogP contribution in [-0.4, -0.2) is 118 Å². The first kappa shape index (κ1) is 33.1. The number of halogens is 3. The van der Waals surface area contributed by atoms with Crippen molar-refractivity contribution in [3.8, 4) is 11.5 Å². The van der Waals surface area contributed by atoms with E-state index in [1.807, 2.05) is 0 Å². The van der Waals surface area contributed by atoms with E-state index in [0.717, 1.165) is 19.5 Å². The number of piperazine rings is 1. The highest BCUT2D eigenvalue weighted by molar-refractivity contribution is 7.89. The van der Waals surface area contributed by atoms with E-state index in [9.17, 15) is 31.2 Å². The highest BCUT2D eigenvalue weighted by Gasteiger charge is 2.38. The minimum absolute atomic E-state index is 0.00350. The van der Waals surface area contributed by atoms with Crippen molar-refractivity contribution in [1.82, 2.24) is 19.4 Å². The van der Waals surface area contributed by atoms with Gasteiger partial charge in [-0.1, -0.05) is 0 Å². The van der Waals surface area contributed by atoms with Gasteiger partial charge in [0.15, 0.2) is 0 Å². The molecule has 2 amide bonds. The number of methoxy groups -OCH3 is 2. The Bertz CT molecular complexity index is 1130. The molecule has 0 spiro atoms. The molecule has 12 nitrogen and oxygen atoms in total. The lowest BCUT2D eigenvalue weighted by Crippen LogP contribution is -2.47. The minimum atomic E-state index is -5.08. The molecule has 2 N–H and O–H groups in total. The van der Waals surface area contributed by atoms with Crippen LogP contribution in [0.5, 0.6) is 11.5 Å². The number of carbonyl (C=O) groups is 3. The molecule has 2 aliphatic rings. The van der Waals surface area contributed by atoms with Gasteiger partial charge in [0, 0.05) is 71.3 Å². The number of nitrogens with zero attached hydrogens (tertiary/aromatic N) is 3. The van der Waals surface area contributed by atoms with Crippen LogP contribution < -0.4 is 14.8 Å². The van der Waals surface area contributed by atoms with Crippen molar-refractivity contribution < 1.29 is 50.6 Å². The maximum Gasteiger partial charge on any atom is 0.490 e. The number of likely N-dealkylation sites (tertiary alicyclic amines) is 1. The van der Waals surface area contributed by atoms with Gasteiger partial charge in [0.25, 0.3) is 0 Å². The number of carboxylic acid groups (broad SMARTS) is 1. The fraction of sp³-hybridized carbons (Fsp3) is 0.625. The van der Waals surface area contributed by atoms with Crippen LogP contribution in [0.1, 0.15) is 25.7 Å². The van der Waals surface area contributed by atoms with Crippen molar-refractivity contribution >= 4 is 27.8 Å². The first-order chi connectivity index (χ1) is 18.8. The predicted molar refractivity (Wildman–Crippen MR) is 136 cm³/mol. The van der Waals surface area contributed by atoms with Crippen molar-refractivity contribution in [1.29, 1.82) is 0 Å². The average molecular weight is 597 g/mol. The Hall–Kier alpha value is -3.11. The summed E-state index contributed by atoms with van der Waals surface area (Å²) >= 11 is 0. The fourth-order valence-corrected chi connectivity index (χ4v) is 5.80. The molecule has 2 saturated heterocycles. The van der Waals surface area contributed by atoms with E-state index in [4.69, 9.17) is 19.4 Å². The third-order valence-electron chi connectivity index (χ3n) is 6.28. The summed E-state index contributed by atoms with van der Waals surface area (Å²) in [6.45, 7) is 4.15. The van der Waals surface area contributed by atoms with Crippen LogP contribution in [0.4, 0.5) is 13.2 Å². The third kappa shape index (κ3) is 9.52. The lowest BCUT2D eigenvalue weighted by atomic mass is 10.3. The SMILES string of the molecule is COc1ccc(OC)c(S(=O)(=O)N(CCCN2CCCC2=O)CCC(=O)N2CCNCC2)c1.O=C(O)C(F)(F)F. The summed E-state index contributed by atoms with van der Waals surface area (Å²) in [5, 5.41) is 10.3. The van der Waals surface area contributed by atoms with Gasteiger partial charge < -0.3 is 29.7 Å². The molecule has 1 aromatic carbocycles. The lowest BCUT2D eigenvalue weighted by Gasteiger charge is -2.29. The Morgan fingerprint density at radius 3 is 2.27 bits per heavy atom. The van der Waals surface area contributed by atoms with Crippen molar-refractivity contribution in [3.05, 3.63) is 18.2 Å². The average Bonchev–Trinajstić information content (AvgIpc) is 3.34. The van der Waals surface area contributed by atoms with Gasteiger partial charge in [-0.05, 0) is 25.0 Å². The Kier molecular flexibility index (Phi) is 12.4. The second-order valence-corrected chi connectivity index (χ2v) is 10.8. The second kappa shape index (κ2) is 15.0. The molecule has 0 radical (unpaired) electrons. The fourth-order valence-electron chi connectivity index (χ4n) is 4.15. The Morgan fingerprint density at radius 2 is 1.75 bits per heavy atom. The number of hydrogen-bond donors (Lipinski definition) is 2. The maximum absolute atomic E-state index is 13.6. The Balaban J connectivity index is 0.000000708. The lowest BCUT2D eigenvalue weighted by molar-refractivity contribution is -0.192. The smallest absolute Gasteiger partial charge is 0.490 e. The molecule has 0 atom stereocenters. The number of ether oxygens (including phenoxy) is 2. The molecule has 3 rings (SSSR count). The highest BCUT2D eigenvalue weighted by Crippen LogP contribution is 2.31. The normalized spacial score (nSPS) is 16.0. The zero-order chi connectivity index (χ0) is 29.9. The van der Waals surface area contributed by atoms with Crippen LogP contribution in [0.3, 0.4) is 0 Å². The standard InChI is InChI=1S/C22H34N4O6S.C2HF3O2/c1-31-18-6-7-19(32-2)20(17-18)33(29,30)26(13-4-12-24-11-3-5-21(24)27)14-8-22(28)25-15-9-23-10-16-25;3-2(4,5)1(6)7/h6-7,17,23H,3-5,8-16H2,1-2H3;(H,6,7). The van der Waals surface area contributed by atoms with Crippen LogP contribution in [0, 0.1) is 0 Å². The third-order valence-corrected chi connectivity index (χ3v) is 8.20. The second-order valence-electron chi connectivity index (χ2n) is 8.94. The Morgan fingerprint density at radius 1 is 1.10 bits per heavy atom. The van der Waals surface area contributed by atoms with Crippen LogP contribution >= 0.6 is 0 Å². The number of rotatable bonds is 11. The molecular weight excluding hydrogens is 561 g/mol. The number of alkyl halides is 3. The quantitative estimate of drug-likeness (QED) is 0.384. The summed E-state index contributed by atoms with van der Waals surface area (Å²) in [6, 6.07) is 4.62. The number of nitrogens with one attached hydrogen (secondary N) is 1. The number of carbonyl (C=O) groups excluding carboxylic acids is 2. The number of amides is 2. The molecule has 2 aliphatic heterocycles. The summed E-state index contributed by atoms with van der Waals surface area (Å²) in [4.78, 5) is 37.0. The van der Waals surface area contributed by atoms with Crippen LogP contribution in [-0.2, 0) is 24.4 Å². The molecule has 0 aromatic heterocycles. The van der Waals surface area contributed by atoms with Gasteiger partial charge in [-0.15, -0.1) is 0 Å². The monoisotopic (exact) mass is 596 g/mol. The molecule has 16 heteroatoms. The molecule has 0 aliphatic carbocycles. The van der Waals surface area contributed by atoms with Gasteiger partial charge in [0.1, 0.15) is 16.4 Å². The Labute approximate surface area is 231 Å². The molecule has 2 fully saturated rings. The van der Waals surface area contributed by atoms with Gasteiger partial charge in [0.2, 0.25) is 21.8 Å². The maximum atomic E-state index is 13.6. The number of hydrogen-bond acceptors (Lipinski definition) is 8. The van der Waals surface area contributed by atoms with Crippen molar-refractivity contribution in [2.45, 2.75) is 36.8 Å². The van der Waals surface area contributed by atoms with E-state index in [1.165, 1.54) is 24.6 Å². The van der Waals surface area contributed by atoms with E-state index in [-0.39, 0.29) is 42.0 Å². The number of benzene rings is 1. The van der Waals surface area contributed by atoms with E-state index < -0.39 is 22.2 Å². The minimum Gasteiger partial charge on any atom is -0.497 e. The van der Waals surface area contributed by atoms with Gasteiger partial charge in [-0.25, -0.2) is 13.2 Å². The topological polar surface area (TPSA) is 146 Å². The molecular formula is C24H35F3N4O8S. The molecule has 226 valence electrons. The molecule has 0 bridgehead atoms. The van der Waals surface area contributed by atoms with Crippen LogP contribution in [0.25, 0.3) is 0 Å². The van der Waals surface area contributed by atoms with Gasteiger partial charge in [-0.2, -0.15) is 17.5 Å². The summed E-state index contributed by atoms with van der Waals surface area (Å²) in [5.74, 6) is -2.11. The summed E-state index contributed by atoms with van der Waals surface area (Å²) in [5.41, 5.74) is 0. The molecule has 1 aromatic rings. The van der Waals surface area contributed by atoms with Crippen molar-refractivity contribution in [3.63, 3.8) is 0 Å². The number of aliphatic carboxylic acids is 1.